The second kappa shape index (κ2) is 9.34. The molecule has 2 amide bonds. The molecule has 1 aromatic heterocycles. The Morgan fingerprint density at radius 3 is 2.67 bits per heavy atom. The number of nitrogens with one attached hydrogen (secondary N) is 2. The third-order valence-electron chi connectivity index (χ3n) is 4.58. The number of hydroxylamine groups is 1. The number of para-hydroxylation sites is 1. The van der Waals surface area contributed by atoms with E-state index in [1.807, 2.05) is 41.8 Å². The number of piperidine rings is 1. The van der Waals surface area contributed by atoms with Gasteiger partial charge in [-0.2, -0.15) is 0 Å². The van der Waals surface area contributed by atoms with E-state index in [0.717, 1.165) is 42.1 Å². The standard InChI is InChI=1S/C20H23N3O3S/c24-19(22-26)8-7-15-4-1-2-6-18(15)23-11-9-16(10-12-23)21-20(25)14-17-5-3-13-27-17/h1-8,13,16,26H,9-12,14H2,(H,21,25)(H,22,24). The van der Waals surface area contributed by atoms with Gasteiger partial charge in [0, 0.05) is 35.8 Å². The fourth-order valence-corrected chi connectivity index (χ4v) is 3.94. The van der Waals surface area contributed by atoms with Crippen LogP contribution < -0.4 is 15.7 Å². The molecule has 142 valence electrons. The van der Waals surface area contributed by atoms with Crippen LogP contribution >= 0.6 is 11.3 Å². The van der Waals surface area contributed by atoms with Crippen molar-refractivity contribution in [2.24, 2.45) is 0 Å². The molecule has 1 saturated heterocycles. The fourth-order valence-electron chi connectivity index (χ4n) is 3.23. The van der Waals surface area contributed by atoms with Crippen molar-refractivity contribution in [2.75, 3.05) is 18.0 Å². The maximum absolute atomic E-state index is 12.2. The van der Waals surface area contributed by atoms with E-state index in [-0.39, 0.29) is 11.9 Å². The van der Waals surface area contributed by atoms with Gasteiger partial charge < -0.3 is 10.2 Å². The second-order valence-electron chi connectivity index (χ2n) is 6.45. The molecule has 1 aliphatic heterocycles. The van der Waals surface area contributed by atoms with Crippen molar-refractivity contribution in [1.29, 1.82) is 0 Å². The lowest BCUT2D eigenvalue weighted by Crippen LogP contribution is -2.45. The van der Waals surface area contributed by atoms with Gasteiger partial charge in [-0.15, -0.1) is 11.3 Å². The number of benzene rings is 1. The monoisotopic (exact) mass is 385 g/mol. The maximum atomic E-state index is 12.2. The van der Waals surface area contributed by atoms with Crippen LogP contribution in [0.1, 0.15) is 23.3 Å². The van der Waals surface area contributed by atoms with Gasteiger partial charge in [-0.25, -0.2) is 5.48 Å². The van der Waals surface area contributed by atoms with Gasteiger partial charge in [-0.3, -0.25) is 14.8 Å². The van der Waals surface area contributed by atoms with Gasteiger partial charge in [0.1, 0.15) is 0 Å². The van der Waals surface area contributed by atoms with E-state index in [4.69, 9.17) is 5.21 Å². The second-order valence-corrected chi connectivity index (χ2v) is 7.49. The number of hydrogen-bond donors (Lipinski definition) is 3. The lowest BCUT2D eigenvalue weighted by Gasteiger charge is -2.34. The molecule has 1 fully saturated rings. The first-order valence-corrected chi connectivity index (χ1v) is 9.81. The molecular weight excluding hydrogens is 362 g/mol. The number of nitrogens with zero attached hydrogens (tertiary/aromatic N) is 1. The SMILES string of the molecule is O=C(C=Cc1ccccc1N1CCC(NC(=O)Cc2cccs2)CC1)NO. The normalized spacial score (nSPS) is 15.1. The minimum atomic E-state index is -0.558. The molecule has 1 aromatic carbocycles. The summed E-state index contributed by atoms with van der Waals surface area (Å²) in [5, 5.41) is 13.7. The summed E-state index contributed by atoms with van der Waals surface area (Å²) in [4.78, 5) is 26.8. The van der Waals surface area contributed by atoms with E-state index in [1.54, 1.807) is 22.9 Å². The minimum Gasteiger partial charge on any atom is -0.371 e. The third kappa shape index (κ3) is 5.42. The average molecular weight is 385 g/mol. The molecule has 0 aliphatic carbocycles. The van der Waals surface area contributed by atoms with Gasteiger partial charge in [0.25, 0.3) is 5.91 Å². The van der Waals surface area contributed by atoms with E-state index in [9.17, 15) is 9.59 Å². The van der Waals surface area contributed by atoms with Crippen LogP contribution in [0.4, 0.5) is 5.69 Å². The van der Waals surface area contributed by atoms with Crippen LogP contribution in [0, 0.1) is 0 Å². The highest BCUT2D eigenvalue weighted by atomic mass is 32.1. The summed E-state index contributed by atoms with van der Waals surface area (Å²) in [5.74, 6) is -0.480. The molecule has 7 heteroatoms. The van der Waals surface area contributed by atoms with Crippen LogP contribution in [0.3, 0.4) is 0 Å². The molecule has 0 saturated carbocycles. The molecule has 0 spiro atoms. The first-order valence-electron chi connectivity index (χ1n) is 8.93. The summed E-state index contributed by atoms with van der Waals surface area (Å²) in [5.41, 5.74) is 3.56. The van der Waals surface area contributed by atoms with Crippen LogP contribution in [-0.2, 0) is 16.0 Å². The smallest absolute Gasteiger partial charge is 0.267 e. The van der Waals surface area contributed by atoms with Gasteiger partial charge in [0.15, 0.2) is 0 Å². The molecule has 27 heavy (non-hydrogen) atoms. The summed E-state index contributed by atoms with van der Waals surface area (Å²) in [7, 11) is 0. The van der Waals surface area contributed by atoms with Crippen molar-refractivity contribution >= 4 is 34.9 Å². The molecule has 2 heterocycles. The Morgan fingerprint density at radius 2 is 1.96 bits per heavy atom. The first kappa shape index (κ1) is 19.1. The van der Waals surface area contributed by atoms with E-state index in [2.05, 4.69) is 10.2 Å². The molecule has 3 rings (SSSR count). The van der Waals surface area contributed by atoms with Crippen LogP contribution in [0.25, 0.3) is 6.08 Å². The Kier molecular flexibility index (Phi) is 6.62. The zero-order valence-corrected chi connectivity index (χ0v) is 15.7. The molecule has 6 nitrogen and oxygen atoms in total. The van der Waals surface area contributed by atoms with Crippen molar-refractivity contribution in [3.8, 4) is 0 Å². The summed E-state index contributed by atoms with van der Waals surface area (Å²) in [6.07, 6.45) is 5.20. The Balaban J connectivity index is 1.55. The fraction of sp³-hybridized carbons (Fsp3) is 0.300. The average Bonchev–Trinajstić information content (AvgIpc) is 3.20. The van der Waals surface area contributed by atoms with Crippen molar-refractivity contribution in [2.45, 2.75) is 25.3 Å². The maximum Gasteiger partial charge on any atom is 0.267 e. The van der Waals surface area contributed by atoms with E-state index >= 15 is 0 Å². The Bertz CT molecular complexity index is 797. The minimum absolute atomic E-state index is 0.0780. The predicted octanol–water partition coefficient (Wildman–Crippen LogP) is 2.59. The molecular formula is C20H23N3O3S. The Labute approximate surface area is 162 Å². The number of carbonyl (C=O) groups is 2. The quantitative estimate of drug-likeness (QED) is 0.406. The van der Waals surface area contributed by atoms with Gasteiger partial charge in [0.05, 0.1) is 6.42 Å². The summed E-state index contributed by atoms with van der Waals surface area (Å²) < 4.78 is 0. The summed E-state index contributed by atoms with van der Waals surface area (Å²) in [6, 6.07) is 12.0. The zero-order valence-electron chi connectivity index (χ0n) is 14.9. The Morgan fingerprint density at radius 1 is 1.19 bits per heavy atom. The molecule has 2 aromatic rings. The van der Waals surface area contributed by atoms with E-state index in [1.165, 1.54) is 6.08 Å². The van der Waals surface area contributed by atoms with Gasteiger partial charge >= 0.3 is 0 Å². The molecule has 0 radical (unpaired) electrons. The summed E-state index contributed by atoms with van der Waals surface area (Å²) in [6.45, 7) is 1.67. The van der Waals surface area contributed by atoms with Crippen molar-refractivity contribution < 1.29 is 14.8 Å². The number of amides is 2. The lowest BCUT2D eigenvalue weighted by atomic mass is 10.0. The van der Waals surface area contributed by atoms with E-state index < -0.39 is 5.91 Å². The highest BCUT2D eigenvalue weighted by Crippen LogP contribution is 2.25. The molecule has 0 unspecified atom stereocenters. The first-order chi connectivity index (χ1) is 13.2. The topological polar surface area (TPSA) is 81.7 Å². The van der Waals surface area contributed by atoms with Gasteiger partial charge in [-0.1, -0.05) is 24.3 Å². The number of carbonyl (C=O) groups excluding carboxylic acids is 2. The number of thiophene rings is 1. The van der Waals surface area contributed by atoms with Crippen LogP contribution in [0.15, 0.2) is 47.9 Å². The molecule has 0 bridgehead atoms. The van der Waals surface area contributed by atoms with Crippen LogP contribution in [-0.4, -0.2) is 36.2 Å². The zero-order chi connectivity index (χ0) is 19.1. The van der Waals surface area contributed by atoms with Crippen molar-refractivity contribution in [3.63, 3.8) is 0 Å². The highest BCUT2D eigenvalue weighted by molar-refractivity contribution is 7.10. The highest BCUT2D eigenvalue weighted by Gasteiger charge is 2.22. The van der Waals surface area contributed by atoms with Crippen LogP contribution in [0.2, 0.25) is 0 Å². The Hall–Kier alpha value is -2.64. The molecule has 3 N–H and O–H groups in total. The summed E-state index contributed by atoms with van der Waals surface area (Å²) >= 11 is 1.60. The van der Waals surface area contributed by atoms with Crippen molar-refractivity contribution in [3.05, 3.63) is 58.3 Å². The molecule has 0 atom stereocenters. The van der Waals surface area contributed by atoms with Crippen LogP contribution in [0.5, 0.6) is 0 Å². The number of hydrogen-bond acceptors (Lipinski definition) is 5. The number of rotatable bonds is 6. The van der Waals surface area contributed by atoms with E-state index in [0.29, 0.717) is 6.42 Å². The predicted molar refractivity (Wildman–Crippen MR) is 107 cm³/mol. The van der Waals surface area contributed by atoms with Crippen molar-refractivity contribution in [1.82, 2.24) is 10.8 Å². The van der Waals surface area contributed by atoms with Gasteiger partial charge in [-0.05, 0) is 42.0 Å². The third-order valence-corrected chi connectivity index (χ3v) is 5.45. The molecule has 1 aliphatic rings. The number of anilines is 1. The largest absolute Gasteiger partial charge is 0.371 e. The van der Waals surface area contributed by atoms with Gasteiger partial charge in [0.2, 0.25) is 5.91 Å². The lowest BCUT2D eigenvalue weighted by molar-refractivity contribution is -0.124.